The second-order valence-electron chi connectivity index (χ2n) is 8.08. The Morgan fingerprint density at radius 1 is 1.26 bits per heavy atom. The molecule has 1 aliphatic heterocycles. The summed E-state index contributed by atoms with van der Waals surface area (Å²) in [7, 11) is 3.79. The fraction of sp³-hybridized carbons (Fsp3) is 0.565. The lowest BCUT2D eigenvalue weighted by Crippen LogP contribution is -2.45. The number of amides is 1. The summed E-state index contributed by atoms with van der Waals surface area (Å²) in [4.78, 5) is 19.2. The normalized spacial score (nSPS) is 14.8. The molecule has 1 fully saturated rings. The van der Waals surface area contributed by atoms with E-state index in [0.29, 0.717) is 31.8 Å². The van der Waals surface area contributed by atoms with Crippen molar-refractivity contribution in [1.29, 1.82) is 0 Å². The Kier molecular flexibility index (Phi) is 8.03. The molecule has 2 aromatic rings. The molecule has 1 aliphatic rings. The summed E-state index contributed by atoms with van der Waals surface area (Å²) >= 11 is 0. The fourth-order valence-electron chi connectivity index (χ4n) is 3.97. The van der Waals surface area contributed by atoms with Crippen molar-refractivity contribution < 1.29 is 13.9 Å². The van der Waals surface area contributed by atoms with E-state index in [9.17, 15) is 9.18 Å². The van der Waals surface area contributed by atoms with Gasteiger partial charge in [-0.2, -0.15) is 5.10 Å². The number of carbonyl (C=O) groups excluding carboxylic acids is 1. The molecule has 0 saturated carbocycles. The molecule has 0 radical (unpaired) electrons. The van der Waals surface area contributed by atoms with E-state index in [0.717, 1.165) is 49.7 Å². The smallest absolute Gasteiger partial charge is 0.222 e. The van der Waals surface area contributed by atoms with Gasteiger partial charge in [0.25, 0.3) is 0 Å². The Hall–Kier alpha value is -2.45. The third-order valence-corrected chi connectivity index (χ3v) is 5.79. The molecule has 170 valence electrons. The molecular weight excluding hydrogens is 397 g/mol. The number of aryl methyl sites for hydroxylation is 1. The Balaban J connectivity index is 2.00. The summed E-state index contributed by atoms with van der Waals surface area (Å²) in [5.74, 6) is 0.772. The number of hydrogen-bond donors (Lipinski definition) is 0. The molecule has 2 heterocycles. The van der Waals surface area contributed by atoms with Gasteiger partial charge in [0.2, 0.25) is 5.91 Å². The van der Waals surface area contributed by atoms with E-state index in [-0.39, 0.29) is 11.7 Å². The van der Waals surface area contributed by atoms with Crippen LogP contribution in [-0.2, 0) is 16.1 Å². The number of aromatic nitrogens is 2. The van der Waals surface area contributed by atoms with Crippen LogP contribution >= 0.6 is 0 Å². The number of benzene rings is 1. The second kappa shape index (κ2) is 10.7. The van der Waals surface area contributed by atoms with Gasteiger partial charge >= 0.3 is 0 Å². The Morgan fingerprint density at radius 3 is 2.65 bits per heavy atom. The van der Waals surface area contributed by atoms with Gasteiger partial charge in [0.05, 0.1) is 17.9 Å². The third kappa shape index (κ3) is 5.62. The topological polar surface area (TPSA) is 53.8 Å². The molecule has 0 bridgehead atoms. The average Bonchev–Trinajstić information content (AvgIpc) is 3.09. The van der Waals surface area contributed by atoms with Gasteiger partial charge in [-0.15, -0.1) is 0 Å². The van der Waals surface area contributed by atoms with Crippen molar-refractivity contribution in [3.8, 4) is 5.69 Å². The van der Waals surface area contributed by atoms with Gasteiger partial charge in [0, 0.05) is 58.4 Å². The molecule has 0 unspecified atom stereocenters. The number of likely N-dealkylation sites (N-methyl/N-ethyl adjacent to an activating group) is 1. The van der Waals surface area contributed by atoms with Crippen LogP contribution in [0, 0.1) is 12.7 Å². The van der Waals surface area contributed by atoms with Gasteiger partial charge < -0.3 is 19.4 Å². The largest absolute Gasteiger partial charge is 0.385 e. The number of anilines is 1. The highest BCUT2D eigenvalue weighted by atomic mass is 19.1. The highest BCUT2D eigenvalue weighted by molar-refractivity contribution is 5.76. The van der Waals surface area contributed by atoms with Gasteiger partial charge in [-0.1, -0.05) is 13.0 Å². The Morgan fingerprint density at radius 2 is 2.00 bits per heavy atom. The predicted octanol–water partition coefficient (Wildman–Crippen LogP) is 2.85. The van der Waals surface area contributed by atoms with Crippen LogP contribution in [0.25, 0.3) is 5.69 Å². The number of carbonyl (C=O) groups is 1. The minimum Gasteiger partial charge on any atom is -0.385 e. The van der Waals surface area contributed by atoms with Crippen molar-refractivity contribution in [2.24, 2.45) is 0 Å². The molecule has 0 aliphatic carbocycles. The molecule has 8 heteroatoms. The fourth-order valence-corrected chi connectivity index (χ4v) is 3.97. The van der Waals surface area contributed by atoms with Crippen LogP contribution in [0.5, 0.6) is 0 Å². The number of nitrogens with zero attached hydrogens (tertiary/aromatic N) is 5. The quantitative estimate of drug-likeness (QED) is 0.572. The first-order valence-corrected chi connectivity index (χ1v) is 11.0. The van der Waals surface area contributed by atoms with E-state index in [1.807, 2.05) is 29.5 Å². The molecular formula is C23H34FN5O2. The maximum Gasteiger partial charge on any atom is 0.222 e. The first kappa shape index (κ1) is 23.2. The Labute approximate surface area is 184 Å². The summed E-state index contributed by atoms with van der Waals surface area (Å²) in [5.41, 5.74) is 2.57. The van der Waals surface area contributed by atoms with E-state index < -0.39 is 0 Å². The van der Waals surface area contributed by atoms with Crippen molar-refractivity contribution in [3.63, 3.8) is 0 Å². The zero-order chi connectivity index (χ0) is 22.4. The van der Waals surface area contributed by atoms with E-state index >= 15 is 0 Å². The second-order valence-corrected chi connectivity index (χ2v) is 8.08. The van der Waals surface area contributed by atoms with Crippen molar-refractivity contribution in [3.05, 3.63) is 41.3 Å². The van der Waals surface area contributed by atoms with Crippen LogP contribution in [0.4, 0.5) is 10.2 Å². The molecule has 0 spiro atoms. The first-order chi connectivity index (χ1) is 14.9. The predicted molar refractivity (Wildman–Crippen MR) is 120 cm³/mol. The first-order valence-electron chi connectivity index (χ1n) is 11.0. The molecule has 7 nitrogen and oxygen atoms in total. The van der Waals surface area contributed by atoms with E-state index in [4.69, 9.17) is 9.84 Å². The zero-order valence-electron chi connectivity index (χ0n) is 19.1. The van der Waals surface area contributed by atoms with E-state index in [1.165, 1.54) is 12.1 Å². The van der Waals surface area contributed by atoms with Gasteiger partial charge in [-0.05, 0) is 38.6 Å². The number of piperazine rings is 1. The standard InChI is InChI=1S/C23H34FN5O2/c1-5-22(30)28(10-7-15-31-4)17-21-18(2)25-29(20-9-6-8-19(24)16-20)23(21)27-13-11-26(3)12-14-27/h6,8-9,16H,5,7,10-15,17H2,1-4H3. The highest BCUT2D eigenvalue weighted by Crippen LogP contribution is 2.30. The van der Waals surface area contributed by atoms with Gasteiger partial charge in [0.1, 0.15) is 11.6 Å². The molecule has 0 atom stereocenters. The number of methoxy groups -OCH3 is 1. The van der Waals surface area contributed by atoms with Crippen LogP contribution < -0.4 is 4.90 Å². The van der Waals surface area contributed by atoms with Crippen molar-refractivity contribution in [2.45, 2.75) is 33.2 Å². The van der Waals surface area contributed by atoms with Crippen LogP contribution in [-0.4, -0.2) is 79.0 Å². The monoisotopic (exact) mass is 431 g/mol. The van der Waals surface area contributed by atoms with E-state index in [1.54, 1.807) is 13.2 Å². The van der Waals surface area contributed by atoms with Crippen molar-refractivity contribution in [2.75, 3.05) is 58.4 Å². The maximum absolute atomic E-state index is 14.0. The summed E-state index contributed by atoms with van der Waals surface area (Å²) in [6.45, 7) is 9.18. The number of rotatable bonds is 9. The van der Waals surface area contributed by atoms with Crippen LogP contribution in [0.3, 0.4) is 0 Å². The lowest BCUT2D eigenvalue weighted by Gasteiger charge is -2.35. The van der Waals surface area contributed by atoms with E-state index in [2.05, 4.69) is 16.8 Å². The molecule has 1 aromatic heterocycles. The summed E-state index contributed by atoms with van der Waals surface area (Å²) in [6, 6.07) is 6.51. The van der Waals surface area contributed by atoms with Crippen LogP contribution in [0.15, 0.2) is 24.3 Å². The molecule has 3 rings (SSSR count). The van der Waals surface area contributed by atoms with Crippen LogP contribution in [0.1, 0.15) is 31.0 Å². The average molecular weight is 432 g/mol. The van der Waals surface area contributed by atoms with Gasteiger partial charge in [0.15, 0.2) is 0 Å². The molecule has 1 aromatic carbocycles. The SMILES string of the molecule is CCC(=O)N(CCCOC)Cc1c(C)nn(-c2cccc(F)c2)c1N1CCN(C)CC1. The summed E-state index contributed by atoms with van der Waals surface area (Å²) in [6.07, 6.45) is 1.23. The number of ether oxygens (including phenoxy) is 1. The van der Waals surface area contributed by atoms with Gasteiger partial charge in [-0.25, -0.2) is 9.07 Å². The minimum absolute atomic E-state index is 0.110. The van der Waals surface area contributed by atoms with Crippen molar-refractivity contribution in [1.82, 2.24) is 19.6 Å². The lowest BCUT2D eigenvalue weighted by molar-refractivity contribution is -0.131. The Bertz CT molecular complexity index is 877. The lowest BCUT2D eigenvalue weighted by atomic mass is 10.1. The maximum atomic E-state index is 14.0. The van der Waals surface area contributed by atoms with Gasteiger partial charge in [-0.3, -0.25) is 4.79 Å². The molecule has 0 N–H and O–H groups in total. The number of hydrogen-bond acceptors (Lipinski definition) is 5. The number of halogens is 1. The van der Waals surface area contributed by atoms with Crippen molar-refractivity contribution >= 4 is 11.7 Å². The molecule has 1 amide bonds. The van der Waals surface area contributed by atoms with Crippen LogP contribution in [0.2, 0.25) is 0 Å². The zero-order valence-corrected chi connectivity index (χ0v) is 19.1. The molecule has 31 heavy (non-hydrogen) atoms. The molecule has 1 saturated heterocycles. The highest BCUT2D eigenvalue weighted by Gasteiger charge is 2.27. The summed E-state index contributed by atoms with van der Waals surface area (Å²) < 4.78 is 21.0. The third-order valence-electron chi connectivity index (χ3n) is 5.79. The summed E-state index contributed by atoms with van der Waals surface area (Å²) in [5, 5.41) is 4.78. The minimum atomic E-state index is -0.293.